The zero-order valence-electron chi connectivity index (χ0n) is 11.1. The lowest BCUT2D eigenvalue weighted by atomic mass is 10.1. The minimum Gasteiger partial charge on any atom is -0.372 e. The van der Waals surface area contributed by atoms with Crippen LogP contribution in [0.1, 0.15) is 30.2 Å². The van der Waals surface area contributed by atoms with Crippen molar-refractivity contribution in [2.75, 3.05) is 18.5 Å². The molecule has 0 amide bonds. The molecule has 0 aliphatic carbocycles. The van der Waals surface area contributed by atoms with Crippen LogP contribution in [0.5, 0.6) is 0 Å². The van der Waals surface area contributed by atoms with Crippen molar-refractivity contribution in [2.45, 2.75) is 25.4 Å². The van der Waals surface area contributed by atoms with Crippen molar-refractivity contribution in [3.05, 3.63) is 40.0 Å². The first-order chi connectivity index (χ1) is 9.84. The molecule has 1 atom stereocenters. The Morgan fingerprint density at radius 2 is 2.25 bits per heavy atom. The van der Waals surface area contributed by atoms with Crippen molar-refractivity contribution in [3.8, 4) is 5.69 Å². The van der Waals surface area contributed by atoms with Crippen molar-refractivity contribution in [2.24, 2.45) is 0 Å². The molecule has 1 aromatic heterocycles. The highest BCUT2D eigenvalue weighted by Crippen LogP contribution is 2.37. The van der Waals surface area contributed by atoms with Crippen LogP contribution in [0, 0.1) is 0 Å². The van der Waals surface area contributed by atoms with E-state index in [4.69, 9.17) is 9.84 Å². The standard InChI is InChI=1S/C15H16BrN3O/c16-11-4-1-2-5-12(11)19-15-10(7-8-17-15)14(18-19)13-6-3-9-20-13/h1-2,4-5,13,17H,3,6-9H2. The van der Waals surface area contributed by atoms with E-state index in [1.807, 2.05) is 22.9 Å². The molecular formula is C15H16BrN3O. The first-order valence-electron chi connectivity index (χ1n) is 7.07. The third-order valence-electron chi connectivity index (χ3n) is 4.00. The number of rotatable bonds is 2. The van der Waals surface area contributed by atoms with E-state index in [9.17, 15) is 0 Å². The van der Waals surface area contributed by atoms with Crippen molar-refractivity contribution >= 4 is 21.7 Å². The summed E-state index contributed by atoms with van der Waals surface area (Å²) in [5, 5.41) is 8.31. The number of nitrogens with one attached hydrogen (secondary N) is 1. The third kappa shape index (κ3) is 1.88. The molecule has 20 heavy (non-hydrogen) atoms. The Balaban J connectivity index is 1.85. The fraction of sp³-hybridized carbons (Fsp3) is 0.400. The van der Waals surface area contributed by atoms with Gasteiger partial charge in [-0.25, -0.2) is 4.68 Å². The van der Waals surface area contributed by atoms with Crippen LogP contribution in [0.25, 0.3) is 5.69 Å². The summed E-state index contributed by atoms with van der Waals surface area (Å²) < 4.78 is 8.90. The van der Waals surface area contributed by atoms with E-state index in [1.165, 1.54) is 5.56 Å². The number of fused-ring (bicyclic) bond motifs is 1. The first-order valence-corrected chi connectivity index (χ1v) is 7.86. The number of benzene rings is 1. The second-order valence-corrected chi connectivity index (χ2v) is 6.11. The third-order valence-corrected chi connectivity index (χ3v) is 4.67. The van der Waals surface area contributed by atoms with E-state index in [1.54, 1.807) is 0 Å². The molecule has 104 valence electrons. The van der Waals surface area contributed by atoms with Crippen molar-refractivity contribution in [1.29, 1.82) is 0 Å². The van der Waals surface area contributed by atoms with Gasteiger partial charge in [-0.15, -0.1) is 0 Å². The highest BCUT2D eigenvalue weighted by molar-refractivity contribution is 9.10. The lowest BCUT2D eigenvalue weighted by Crippen LogP contribution is -2.07. The minimum absolute atomic E-state index is 0.174. The Hall–Kier alpha value is -1.33. The number of nitrogens with zero attached hydrogens (tertiary/aromatic N) is 2. The summed E-state index contributed by atoms with van der Waals surface area (Å²) in [6, 6.07) is 8.18. The molecule has 0 saturated carbocycles. The molecule has 1 N–H and O–H groups in total. The highest BCUT2D eigenvalue weighted by atomic mass is 79.9. The Morgan fingerprint density at radius 3 is 3.05 bits per heavy atom. The number of aromatic nitrogens is 2. The molecule has 3 heterocycles. The summed E-state index contributed by atoms with van der Waals surface area (Å²) >= 11 is 3.61. The van der Waals surface area contributed by atoms with Crippen LogP contribution in [0.4, 0.5) is 5.82 Å². The molecule has 4 rings (SSSR count). The molecule has 0 radical (unpaired) electrons. The summed E-state index contributed by atoms with van der Waals surface area (Å²) in [5.41, 5.74) is 3.52. The lowest BCUT2D eigenvalue weighted by Gasteiger charge is -2.09. The van der Waals surface area contributed by atoms with Crippen LogP contribution in [0.3, 0.4) is 0 Å². The molecule has 1 saturated heterocycles. The van der Waals surface area contributed by atoms with E-state index in [-0.39, 0.29) is 6.10 Å². The number of ether oxygens (including phenoxy) is 1. The lowest BCUT2D eigenvalue weighted by molar-refractivity contribution is 0.107. The van der Waals surface area contributed by atoms with E-state index < -0.39 is 0 Å². The van der Waals surface area contributed by atoms with E-state index in [0.29, 0.717) is 0 Å². The van der Waals surface area contributed by atoms with Crippen molar-refractivity contribution in [1.82, 2.24) is 9.78 Å². The van der Waals surface area contributed by atoms with Crippen LogP contribution in [0.15, 0.2) is 28.7 Å². The number of halogens is 1. The van der Waals surface area contributed by atoms with Gasteiger partial charge in [0.1, 0.15) is 11.9 Å². The second-order valence-electron chi connectivity index (χ2n) is 5.25. The highest BCUT2D eigenvalue weighted by Gasteiger charge is 2.30. The van der Waals surface area contributed by atoms with Crippen molar-refractivity contribution < 1.29 is 4.74 Å². The maximum Gasteiger partial charge on any atom is 0.133 e. The van der Waals surface area contributed by atoms with Crippen LogP contribution < -0.4 is 5.32 Å². The zero-order valence-corrected chi connectivity index (χ0v) is 12.7. The number of hydrogen-bond donors (Lipinski definition) is 1. The molecule has 1 aromatic carbocycles. The second kappa shape index (κ2) is 4.90. The van der Waals surface area contributed by atoms with E-state index >= 15 is 0 Å². The number of para-hydroxylation sites is 1. The Bertz CT molecular complexity index is 647. The molecule has 2 aromatic rings. The molecule has 0 spiro atoms. The Morgan fingerprint density at radius 1 is 1.35 bits per heavy atom. The van der Waals surface area contributed by atoms with Gasteiger partial charge in [-0.3, -0.25) is 0 Å². The quantitative estimate of drug-likeness (QED) is 0.914. The normalized spacial score (nSPS) is 20.9. The van der Waals surface area contributed by atoms with Crippen molar-refractivity contribution in [3.63, 3.8) is 0 Å². The molecule has 5 heteroatoms. The predicted octanol–water partition coefficient (Wildman–Crippen LogP) is 3.45. The summed E-state index contributed by atoms with van der Waals surface area (Å²) in [5.74, 6) is 1.13. The van der Waals surface area contributed by atoms with Gasteiger partial charge in [0, 0.05) is 23.2 Å². The topological polar surface area (TPSA) is 39.1 Å². The van der Waals surface area contributed by atoms with Gasteiger partial charge in [-0.05, 0) is 47.3 Å². The van der Waals surface area contributed by atoms with Gasteiger partial charge in [0.25, 0.3) is 0 Å². The predicted molar refractivity (Wildman–Crippen MR) is 81.4 cm³/mol. The fourth-order valence-corrected chi connectivity index (χ4v) is 3.50. The van der Waals surface area contributed by atoms with Gasteiger partial charge in [-0.2, -0.15) is 5.10 Å². The number of anilines is 1. The van der Waals surface area contributed by atoms with E-state index in [0.717, 1.165) is 54.1 Å². The Labute approximate surface area is 126 Å². The van der Waals surface area contributed by atoms with Gasteiger partial charge in [0.15, 0.2) is 0 Å². The van der Waals surface area contributed by atoms with Crippen LogP contribution in [0.2, 0.25) is 0 Å². The monoisotopic (exact) mass is 333 g/mol. The first kappa shape index (κ1) is 12.4. The molecule has 1 fully saturated rings. The number of hydrogen-bond acceptors (Lipinski definition) is 3. The van der Waals surface area contributed by atoms with Crippen LogP contribution in [-0.4, -0.2) is 22.9 Å². The van der Waals surface area contributed by atoms with Crippen LogP contribution >= 0.6 is 15.9 Å². The zero-order chi connectivity index (χ0) is 13.5. The molecular weight excluding hydrogens is 318 g/mol. The molecule has 0 bridgehead atoms. The van der Waals surface area contributed by atoms with Gasteiger partial charge in [0.2, 0.25) is 0 Å². The smallest absolute Gasteiger partial charge is 0.133 e. The molecule has 4 nitrogen and oxygen atoms in total. The average Bonchev–Trinajstić information content (AvgIpc) is 3.16. The summed E-state index contributed by atoms with van der Waals surface area (Å²) in [6.07, 6.45) is 3.43. The molecule has 1 unspecified atom stereocenters. The Kier molecular flexibility index (Phi) is 3.04. The average molecular weight is 334 g/mol. The molecule has 2 aliphatic rings. The fourth-order valence-electron chi connectivity index (χ4n) is 3.05. The van der Waals surface area contributed by atoms with E-state index in [2.05, 4.69) is 27.3 Å². The van der Waals surface area contributed by atoms with Crippen LogP contribution in [-0.2, 0) is 11.2 Å². The SMILES string of the molecule is Brc1ccccc1-n1nc(C2CCCO2)c2c1NCC2. The van der Waals surface area contributed by atoms with Gasteiger partial charge in [-0.1, -0.05) is 12.1 Å². The maximum absolute atomic E-state index is 5.83. The van der Waals surface area contributed by atoms with Gasteiger partial charge in [0.05, 0.1) is 11.4 Å². The summed E-state index contributed by atoms with van der Waals surface area (Å²) in [6.45, 7) is 1.84. The van der Waals surface area contributed by atoms with Gasteiger partial charge >= 0.3 is 0 Å². The minimum atomic E-state index is 0.174. The van der Waals surface area contributed by atoms with Gasteiger partial charge < -0.3 is 10.1 Å². The summed E-state index contributed by atoms with van der Waals surface area (Å²) in [7, 11) is 0. The largest absolute Gasteiger partial charge is 0.372 e. The molecule has 2 aliphatic heterocycles. The summed E-state index contributed by atoms with van der Waals surface area (Å²) in [4.78, 5) is 0. The maximum atomic E-state index is 5.83.